The quantitative estimate of drug-likeness (QED) is 0.546. The van der Waals surface area contributed by atoms with Gasteiger partial charge in [0, 0.05) is 12.3 Å². The highest BCUT2D eigenvalue weighted by Gasteiger charge is 2.19. The van der Waals surface area contributed by atoms with Crippen LogP contribution < -0.4 is 9.64 Å². The van der Waals surface area contributed by atoms with Crippen LogP contribution in [0.15, 0.2) is 47.8 Å². The van der Waals surface area contributed by atoms with E-state index in [2.05, 4.69) is 4.98 Å². The Kier molecular flexibility index (Phi) is 6.29. The first kappa shape index (κ1) is 20.5. The minimum atomic E-state index is -0.462. The molecule has 0 unspecified atom stereocenters. The number of hydrogen-bond acceptors (Lipinski definition) is 6. The van der Waals surface area contributed by atoms with Gasteiger partial charge in [0.25, 0.3) is 0 Å². The number of carbonyl (C=O) groups is 2. The van der Waals surface area contributed by atoms with Gasteiger partial charge in [0.15, 0.2) is 5.13 Å². The molecule has 0 spiro atoms. The molecule has 0 radical (unpaired) electrons. The Labute approximate surface area is 173 Å². The van der Waals surface area contributed by atoms with Crippen LogP contribution in [0.25, 0.3) is 0 Å². The summed E-state index contributed by atoms with van der Waals surface area (Å²) >= 11 is 1.33. The largest absolute Gasteiger partial charge is 0.497 e. The first-order valence-electron chi connectivity index (χ1n) is 9.02. The first-order chi connectivity index (χ1) is 13.9. The SMILES string of the molecule is COc1cccc(C(=O)OCc2csc(N(C(C)=O)c3ccc(C)c(C)c3)n2)c1. The number of hydrogen-bond donors (Lipinski definition) is 0. The lowest BCUT2D eigenvalue weighted by molar-refractivity contribution is -0.115. The molecule has 0 aliphatic carbocycles. The maximum Gasteiger partial charge on any atom is 0.338 e. The summed E-state index contributed by atoms with van der Waals surface area (Å²) in [6.45, 7) is 5.54. The molecule has 0 saturated heterocycles. The topological polar surface area (TPSA) is 68.7 Å². The van der Waals surface area contributed by atoms with E-state index in [1.54, 1.807) is 34.5 Å². The third-order valence-electron chi connectivity index (χ3n) is 4.45. The fourth-order valence-corrected chi connectivity index (χ4v) is 3.60. The molecule has 0 bridgehead atoms. The van der Waals surface area contributed by atoms with Gasteiger partial charge in [-0.2, -0.15) is 0 Å². The average molecular weight is 410 g/mol. The summed E-state index contributed by atoms with van der Waals surface area (Å²) in [4.78, 5) is 30.6. The Morgan fingerprint density at radius 1 is 1.10 bits per heavy atom. The minimum absolute atomic E-state index is 0.0191. The molecular weight excluding hydrogens is 388 g/mol. The van der Waals surface area contributed by atoms with Crippen molar-refractivity contribution in [3.8, 4) is 5.75 Å². The van der Waals surface area contributed by atoms with Crippen molar-refractivity contribution in [3.63, 3.8) is 0 Å². The van der Waals surface area contributed by atoms with Crippen molar-refractivity contribution in [1.29, 1.82) is 0 Å². The molecule has 0 aliphatic rings. The van der Waals surface area contributed by atoms with Crippen LogP contribution >= 0.6 is 11.3 Å². The highest BCUT2D eigenvalue weighted by atomic mass is 32.1. The predicted molar refractivity (Wildman–Crippen MR) is 113 cm³/mol. The van der Waals surface area contributed by atoms with Crippen LogP contribution in [0.5, 0.6) is 5.75 Å². The zero-order chi connectivity index (χ0) is 21.0. The summed E-state index contributed by atoms with van der Waals surface area (Å²) in [7, 11) is 1.54. The standard InChI is InChI=1S/C22H22N2O4S/c1-14-8-9-19(10-15(14)2)24(16(3)25)22-23-18(13-29-22)12-28-21(26)17-6-5-7-20(11-17)27-4/h5-11,13H,12H2,1-4H3. The predicted octanol–water partition coefficient (Wildman–Crippen LogP) is 4.81. The maximum atomic E-state index is 12.3. The van der Waals surface area contributed by atoms with Crippen LogP contribution in [0.2, 0.25) is 0 Å². The zero-order valence-corrected chi connectivity index (χ0v) is 17.6. The van der Waals surface area contributed by atoms with Crippen molar-refractivity contribution >= 4 is 34.0 Å². The first-order valence-corrected chi connectivity index (χ1v) is 9.90. The summed E-state index contributed by atoms with van der Waals surface area (Å²) in [6, 6.07) is 12.6. The Morgan fingerprint density at radius 3 is 2.59 bits per heavy atom. The lowest BCUT2D eigenvalue weighted by atomic mass is 10.1. The summed E-state index contributed by atoms with van der Waals surface area (Å²) in [6.07, 6.45) is 0. The van der Waals surface area contributed by atoms with Gasteiger partial charge < -0.3 is 9.47 Å². The van der Waals surface area contributed by atoms with Crippen molar-refractivity contribution in [2.24, 2.45) is 0 Å². The molecule has 0 aliphatic heterocycles. The van der Waals surface area contributed by atoms with Crippen LogP contribution in [-0.2, 0) is 16.1 Å². The highest BCUT2D eigenvalue weighted by molar-refractivity contribution is 7.14. The second-order valence-corrected chi connectivity index (χ2v) is 7.39. The van der Waals surface area contributed by atoms with Crippen LogP contribution in [0.3, 0.4) is 0 Å². The molecule has 6 nitrogen and oxygen atoms in total. The van der Waals surface area contributed by atoms with Crippen molar-refractivity contribution < 1.29 is 19.1 Å². The number of anilines is 2. The fraction of sp³-hybridized carbons (Fsp3) is 0.227. The van der Waals surface area contributed by atoms with Crippen molar-refractivity contribution in [3.05, 3.63) is 70.2 Å². The van der Waals surface area contributed by atoms with Gasteiger partial charge in [-0.05, 0) is 55.3 Å². The second kappa shape index (κ2) is 8.87. The van der Waals surface area contributed by atoms with Gasteiger partial charge in [-0.25, -0.2) is 9.78 Å². The number of aryl methyl sites for hydroxylation is 2. The van der Waals surface area contributed by atoms with Crippen LogP contribution in [-0.4, -0.2) is 24.0 Å². The van der Waals surface area contributed by atoms with E-state index in [1.165, 1.54) is 25.4 Å². The molecule has 0 atom stereocenters. The van der Waals surface area contributed by atoms with Crippen molar-refractivity contribution in [2.45, 2.75) is 27.4 Å². The van der Waals surface area contributed by atoms with Crippen LogP contribution in [0.1, 0.15) is 34.1 Å². The van der Waals surface area contributed by atoms with E-state index in [-0.39, 0.29) is 12.5 Å². The van der Waals surface area contributed by atoms with E-state index in [0.29, 0.717) is 22.1 Å². The lowest BCUT2D eigenvalue weighted by Gasteiger charge is -2.19. The van der Waals surface area contributed by atoms with Gasteiger partial charge in [-0.15, -0.1) is 11.3 Å². The van der Waals surface area contributed by atoms with E-state index in [4.69, 9.17) is 9.47 Å². The average Bonchev–Trinajstić information content (AvgIpc) is 3.17. The monoisotopic (exact) mass is 410 g/mol. The Morgan fingerprint density at radius 2 is 1.90 bits per heavy atom. The van der Waals surface area contributed by atoms with E-state index in [1.807, 2.05) is 32.0 Å². The highest BCUT2D eigenvalue weighted by Crippen LogP contribution is 2.30. The molecule has 3 aromatic rings. The maximum absolute atomic E-state index is 12.3. The third kappa shape index (κ3) is 4.81. The number of thiazole rings is 1. The fourth-order valence-electron chi connectivity index (χ4n) is 2.73. The molecular formula is C22H22N2O4S. The number of methoxy groups -OCH3 is 1. The van der Waals surface area contributed by atoms with Gasteiger partial charge in [0.05, 0.1) is 24.1 Å². The van der Waals surface area contributed by atoms with E-state index < -0.39 is 5.97 Å². The lowest BCUT2D eigenvalue weighted by Crippen LogP contribution is -2.22. The molecule has 0 saturated carbocycles. The third-order valence-corrected chi connectivity index (χ3v) is 5.33. The number of ether oxygens (including phenoxy) is 2. The number of rotatable bonds is 6. The minimum Gasteiger partial charge on any atom is -0.497 e. The molecule has 29 heavy (non-hydrogen) atoms. The number of benzene rings is 2. The number of nitrogens with zero attached hydrogens (tertiary/aromatic N) is 2. The Balaban J connectivity index is 1.73. The summed E-state index contributed by atoms with van der Waals surface area (Å²) in [5.41, 5.74) is 3.99. The molecule has 7 heteroatoms. The number of carbonyl (C=O) groups excluding carboxylic acids is 2. The smallest absolute Gasteiger partial charge is 0.338 e. The number of esters is 1. The molecule has 0 N–H and O–H groups in total. The summed E-state index contributed by atoms with van der Waals surface area (Å²) < 4.78 is 10.5. The molecule has 0 fully saturated rings. The molecule has 1 heterocycles. The van der Waals surface area contributed by atoms with Crippen molar-refractivity contribution in [1.82, 2.24) is 4.98 Å². The Bertz CT molecular complexity index is 1040. The van der Waals surface area contributed by atoms with Gasteiger partial charge in [0.1, 0.15) is 12.4 Å². The van der Waals surface area contributed by atoms with Gasteiger partial charge in [-0.1, -0.05) is 12.1 Å². The zero-order valence-electron chi connectivity index (χ0n) is 16.8. The van der Waals surface area contributed by atoms with Gasteiger partial charge in [0.2, 0.25) is 5.91 Å². The van der Waals surface area contributed by atoms with Crippen LogP contribution in [0, 0.1) is 13.8 Å². The molecule has 1 aromatic heterocycles. The normalized spacial score (nSPS) is 10.5. The van der Waals surface area contributed by atoms with E-state index in [9.17, 15) is 9.59 Å². The summed E-state index contributed by atoms with van der Waals surface area (Å²) in [5, 5.41) is 2.32. The van der Waals surface area contributed by atoms with Gasteiger partial charge in [-0.3, -0.25) is 9.69 Å². The summed E-state index contributed by atoms with van der Waals surface area (Å²) in [5.74, 6) is -0.0144. The van der Waals surface area contributed by atoms with E-state index in [0.717, 1.165) is 16.8 Å². The molecule has 150 valence electrons. The molecule has 3 rings (SSSR count). The molecule has 2 aromatic carbocycles. The van der Waals surface area contributed by atoms with Crippen molar-refractivity contribution in [2.75, 3.05) is 12.0 Å². The number of amides is 1. The Hall–Kier alpha value is -3.19. The number of aromatic nitrogens is 1. The second-order valence-electron chi connectivity index (χ2n) is 6.55. The van der Waals surface area contributed by atoms with E-state index >= 15 is 0 Å². The van der Waals surface area contributed by atoms with Crippen LogP contribution in [0.4, 0.5) is 10.8 Å². The van der Waals surface area contributed by atoms with Gasteiger partial charge >= 0.3 is 5.97 Å². The molecule has 1 amide bonds.